The number of ether oxygens (including phenoxy) is 2. The molecule has 2 aromatic rings. The van der Waals surface area contributed by atoms with E-state index < -0.39 is 0 Å². The highest BCUT2D eigenvalue weighted by atomic mass is 16.5. The van der Waals surface area contributed by atoms with Gasteiger partial charge in [0.2, 0.25) is 0 Å². The van der Waals surface area contributed by atoms with Crippen LogP contribution in [0.5, 0.6) is 11.5 Å². The van der Waals surface area contributed by atoms with E-state index in [9.17, 15) is 4.79 Å². The quantitative estimate of drug-likeness (QED) is 0.912. The standard InChI is InChI=1S/C21H25NO3/c1-14-9-10-16-17(12-21(3,4)25-19(16)11-14)22-20(23)13-24-18-8-6-5-7-15(18)2/h5-11,17H,12-13H2,1-4H3,(H,22,23)/t17-/m1/s1. The molecular weight excluding hydrogens is 314 g/mol. The van der Waals surface area contributed by atoms with Gasteiger partial charge in [-0.15, -0.1) is 0 Å². The van der Waals surface area contributed by atoms with Crippen LogP contribution in [0.4, 0.5) is 0 Å². The van der Waals surface area contributed by atoms with Crippen LogP contribution in [0.3, 0.4) is 0 Å². The van der Waals surface area contributed by atoms with Crippen molar-refractivity contribution in [1.29, 1.82) is 0 Å². The van der Waals surface area contributed by atoms with Gasteiger partial charge in [0.05, 0.1) is 6.04 Å². The normalized spacial score (nSPS) is 18.0. The summed E-state index contributed by atoms with van der Waals surface area (Å²) in [5, 5.41) is 3.10. The van der Waals surface area contributed by atoms with Crippen LogP contribution in [-0.2, 0) is 4.79 Å². The van der Waals surface area contributed by atoms with Gasteiger partial charge in [-0.05, 0) is 51.0 Å². The third kappa shape index (κ3) is 4.13. The molecule has 1 heterocycles. The van der Waals surface area contributed by atoms with E-state index in [2.05, 4.69) is 5.32 Å². The van der Waals surface area contributed by atoms with Crippen molar-refractivity contribution in [2.75, 3.05) is 6.61 Å². The Balaban J connectivity index is 1.70. The van der Waals surface area contributed by atoms with Crippen LogP contribution in [0.15, 0.2) is 42.5 Å². The summed E-state index contributed by atoms with van der Waals surface area (Å²) in [7, 11) is 0. The van der Waals surface area contributed by atoms with E-state index in [1.807, 2.05) is 70.2 Å². The molecule has 4 nitrogen and oxygen atoms in total. The summed E-state index contributed by atoms with van der Waals surface area (Å²) in [6.07, 6.45) is 0.721. The minimum absolute atomic E-state index is 0.00380. The fourth-order valence-corrected chi connectivity index (χ4v) is 3.19. The molecule has 0 aromatic heterocycles. The minimum Gasteiger partial charge on any atom is -0.487 e. The molecule has 25 heavy (non-hydrogen) atoms. The van der Waals surface area contributed by atoms with Gasteiger partial charge in [-0.1, -0.05) is 30.3 Å². The monoisotopic (exact) mass is 339 g/mol. The molecule has 1 aliphatic heterocycles. The van der Waals surface area contributed by atoms with E-state index in [1.54, 1.807) is 0 Å². The number of benzene rings is 2. The lowest BCUT2D eigenvalue weighted by Crippen LogP contribution is -2.42. The Morgan fingerprint density at radius 3 is 2.76 bits per heavy atom. The maximum Gasteiger partial charge on any atom is 0.258 e. The van der Waals surface area contributed by atoms with Crippen molar-refractivity contribution in [3.63, 3.8) is 0 Å². The molecule has 1 atom stereocenters. The molecule has 2 aromatic carbocycles. The van der Waals surface area contributed by atoms with Crippen LogP contribution >= 0.6 is 0 Å². The van der Waals surface area contributed by atoms with Gasteiger partial charge in [-0.2, -0.15) is 0 Å². The van der Waals surface area contributed by atoms with Gasteiger partial charge in [0.15, 0.2) is 6.61 Å². The number of amides is 1. The Hall–Kier alpha value is -2.49. The van der Waals surface area contributed by atoms with Crippen molar-refractivity contribution in [3.05, 3.63) is 59.2 Å². The summed E-state index contributed by atoms with van der Waals surface area (Å²) in [5.74, 6) is 1.46. The summed E-state index contributed by atoms with van der Waals surface area (Å²) >= 11 is 0. The van der Waals surface area contributed by atoms with Crippen LogP contribution in [0.2, 0.25) is 0 Å². The number of aryl methyl sites for hydroxylation is 2. The number of hydrogen-bond acceptors (Lipinski definition) is 3. The average molecular weight is 339 g/mol. The molecule has 1 N–H and O–H groups in total. The Morgan fingerprint density at radius 2 is 2.00 bits per heavy atom. The number of rotatable bonds is 4. The predicted octanol–water partition coefficient (Wildman–Crippen LogP) is 4.10. The van der Waals surface area contributed by atoms with Gasteiger partial charge in [0, 0.05) is 12.0 Å². The van der Waals surface area contributed by atoms with E-state index in [-0.39, 0.29) is 24.2 Å². The summed E-state index contributed by atoms with van der Waals surface area (Å²) in [5.41, 5.74) is 2.86. The van der Waals surface area contributed by atoms with Gasteiger partial charge in [-0.3, -0.25) is 4.79 Å². The Labute approximate surface area is 149 Å². The van der Waals surface area contributed by atoms with Gasteiger partial charge in [-0.25, -0.2) is 0 Å². The van der Waals surface area contributed by atoms with Gasteiger partial charge in [0.25, 0.3) is 5.91 Å². The fraction of sp³-hybridized carbons (Fsp3) is 0.381. The second-order valence-electron chi connectivity index (χ2n) is 7.28. The highest BCUT2D eigenvalue weighted by Crippen LogP contribution is 2.39. The van der Waals surface area contributed by atoms with Crippen molar-refractivity contribution < 1.29 is 14.3 Å². The molecule has 0 aliphatic carbocycles. The SMILES string of the molecule is Cc1ccc2c(c1)OC(C)(C)C[C@H]2NC(=O)COc1ccccc1C. The Bertz CT molecular complexity index is 782. The number of fused-ring (bicyclic) bond motifs is 1. The van der Waals surface area contributed by atoms with Gasteiger partial charge in [0.1, 0.15) is 17.1 Å². The van der Waals surface area contributed by atoms with E-state index >= 15 is 0 Å². The zero-order chi connectivity index (χ0) is 18.0. The smallest absolute Gasteiger partial charge is 0.258 e. The van der Waals surface area contributed by atoms with Crippen LogP contribution in [-0.4, -0.2) is 18.1 Å². The number of para-hydroxylation sites is 1. The first-order chi connectivity index (χ1) is 11.8. The summed E-state index contributed by atoms with van der Waals surface area (Å²) in [6, 6.07) is 13.7. The second kappa shape index (κ2) is 6.79. The fourth-order valence-electron chi connectivity index (χ4n) is 3.19. The minimum atomic E-state index is -0.324. The number of carbonyl (C=O) groups is 1. The molecule has 132 valence electrons. The van der Waals surface area contributed by atoms with Crippen molar-refractivity contribution in [2.45, 2.75) is 45.8 Å². The first-order valence-corrected chi connectivity index (χ1v) is 8.61. The van der Waals surface area contributed by atoms with E-state index in [4.69, 9.17) is 9.47 Å². The van der Waals surface area contributed by atoms with Crippen molar-refractivity contribution in [3.8, 4) is 11.5 Å². The number of carbonyl (C=O) groups excluding carboxylic acids is 1. The van der Waals surface area contributed by atoms with Crippen molar-refractivity contribution in [1.82, 2.24) is 5.32 Å². The lowest BCUT2D eigenvalue weighted by atomic mass is 9.89. The number of hydrogen-bond donors (Lipinski definition) is 1. The zero-order valence-electron chi connectivity index (χ0n) is 15.3. The first kappa shape index (κ1) is 17.3. The van der Waals surface area contributed by atoms with Crippen molar-refractivity contribution in [2.24, 2.45) is 0 Å². The van der Waals surface area contributed by atoms with E-state index in [0.717, 1.165) is 34.6 Å². The molecule has 1 aliphatic rings. The van der Waals surface area contributed by atoms with Crippen LogP contribution in [0.25, 0.3) is 0 Å². The maximum atomic E-state index is 12.4. The Morgan fingerprint density at radius 1 is 1.24 bits per heavy atom. The molecule has 0 radical (unpaired) electrons. The molecule has 0 unspecified atom stereocenters. The second-order valence-corrected chi connectivity index (χ2v) is 7.28. The molecule has 0 saturated carbocycles. The third-order valence-electron chi connectivity index (χ3n) is 4.41. The lowest BCUT2D eigenvalue weighted by molar-refractivity contribution is -0.124. The molecule has 1 amide bonds. The molecule has 0 bridgehead atoms. The summed E-state index contributed by atoms with van der Waals surface area (Å²) < 4.78 is 11.7. The zero-order valence-corrected chi connectivity index (χ0v) is 15.3. The lowest BCUT2D eigenvalue weighted by Gasteiger charge is -2.38. The highest BCUT2D eigenvalue weighted by Gasteiger charge is 2.34. The van der Waals surface area contributed by atoms with Crippen LogP contribution in [0, 0.1) is 13.8 Å². The van der Waals surface area contributed by atoms with Crippen molar-refractivity contribution >= 4 is 5.91 Å². The average Bonchev–Trinajstić information content (AvgIpc) is 2.52. The molecule has 0 spiro atoms. The summed E-state index contributed by atoms with van der Waals surface area (Å²) in [4.78, 5) is 12.4. The molecule has 3 rings (SSSR count). The molecule has 4 heteroatoms. The molecule has 0 saturated heterocycles. The highest BCUT2D eigenvalue weighted by molar-refractivity contribution is 5.78. The van der Waals surface area contributed by atoms with E-state index in [1.165, 1.54) is 0 Å². The maximum absolute atomic E-state index is 12.4. The topological polar surface area (TPSA) is 47.6 Å². The van der Waals surface area contributed by atoms with Gasteiger partial charge < -0.3 is 14.8 Å². The van der Waals surface area contributed by atoms with Crippen LogP contribution < -0.4 is 14.8 Å². The molecule has 0 fully saturated rings. The Kier molecular flexibility index (Phi) is 4.71. The molecular formula is C21H25NO3. The number of nitrogens with one attached hydrogen (secondary N) is 1. The predicted molar refractivity (Wildman–Crippen MR) is 98.1 cm³/mol. The third-order valence-corrected chi connectivity index (χ3v) is 4.41. The van der Waals surface area contributed by atoms with Crippen LogP contribution in [0.1, 0.15) is 43.0 Å². The summed E-state index contributed by atoms with van der Waals surface area (Å²) in [6.45, 7) is 8.09. The first-order valence-electron chi connectivity index (χ1n) is 8.61. The van der Waals surface area contributed by atoms with Gasteiger partial charge >= 0.3 is 0 Å². The largest absolute Gasteiger partial charge is 0.487 e. The van der Waals surface area contributed by atoms with E-state index in [0.29, 0.717) is 0 Å².